The molecule has 174 valence electrons. The van der Waals surface area contributed by atoms with E-state index >= 15 is 0 Å². The lowest BCUT2D eigenvalue weighted by molar-refractivity contribution is 0.0697. The second kappa shape index (κ2) is 8.44. The third kappa shape index (κ3) is 3.66. The molecule has 4 aromatic rings. The molecule has 2 aromatic heterocycles. The third-order valence-corrected chi connectivity index (χ3v) is 6.39. The fourth-order valence-electron chi connectivity index (χ4n) is 4.50. The molecule has 0 radical (unpaired) electrons. The fourth-order valence-corrected chi connectivity index (χ4v) is 4.84. The lowest BCUT2D eigenvalue weighted by Gasteiger charge is -2.26. The summed E-state index contributed by atoms with van der Waals surface area (Å²) in [6.45, 7) is 0.173. The summed E-state index contributed by atoms with van der Waals surface area (Å²) in [6, 6.07) is 21.1. The number of carbonyl (C=O) groups is 1. The van der Waals surface area contributed by atoms with E-state index in [2.05, 4.69) is 10.3 Å². The molecule has 8 nitrogen and oxygen atoms in total. The Morgan fingerprint density at radius 1 is 1.03 bits per heavy atom. The summed E-state index contributed by atoms with van der Waals surface area (Å²) < 4.78 is 17.3. The van der Waals surface area contributed by atoms with Crippen molar-refractivity contribution in [3.63, 3.8) is 0 Å². The molecule has 2 atom stereocenters. The molecule has 6 rings (SSSR count). The number of fused-ring (bicyclic) bond motifs is 1. The molecule has 2 aliphatic rings. The number of rotatable bonds is 5. The van der Waals surface area contributed by atoms with Crippen LogP contribution < -0.4 is 19.7 Å². The van der Waals surface area contributed by atoms with Crippen molar-refractivity contribution in [3.05, 3.63) is 96.0 Å². The van der Waals surface area contributed by atoms with E-state index in [1.807, 2.05) is 47.4 Å². The third-order valence-electron chi connectivity index (χ3n) is 6.07. The van der Waals surface area contributed by atoms with Gasteiger partial charge in [-0.1, -0.05) is 24.3 Å². The smallest absolute Gasteiger partial charge is 0.336 e. The number of thiocarbonyl (C=S) groups is 1. The van der Waals surface area contributed by atoms with Crippen molar-refractivity contribution in [2.45, 2.75) is 12.1 Å². The van der Waals surface area contributed by atoms with Gasteiger partial charge in [0.05, 0.1) is 17.3 Å². The van der Waals surface area contributed by atoms with E-state index in [-0.39, 0.29) is 24.4 Å². The Hall–Kier alpha value is -4.37. The molecule has 1 fully saturated rings. The molecule has 9 heteroatoms. The van der Waals surface area contributed by atoms with E-state index in [0.717, 1.165) is 11.4 Å². The number of nitrogens with zero attached hydrogens (tertiary/aromatic N) is 2. The molecule has 35 heavy (non-hydrogen) atoms. The van der Waals surface area contributed by atoms with Crippen molar-refractivity contribution in [1.29, 1.82) is 0 Å². The largest absolute Gasteiger partial charge is 0.478 e. The minimum atomic E-state index is -1.02. The average molecular weight is 486 g/mol. The Morgan fingerprint density at radius 3 is 2.69 bits per heavy atom. The molecule has 4 heterocycles. The van der Waals surface area contributed by atoms with Crippen LogP contribution in [-0.4, -0.2) is 28.0 Å². The summed E-state index contributed by atoms with van der Waals surface area (Å²) in [6.07, 6.45) is 1.73. The van der Waals surface area contributed by atoms with Crippen molar-refractivity contribution in [3.8, 4) is 22.8 Å². The Bertz CT molecular complexity index is 1440. The van der Waals surface area contributed by atoms with Crippen LogP contribution in [0.2, 0.25) is 0 Å². The Balaban J connectivity index is 1.46. The molecule has 1 saturated heterocycles. The highest BCUT2D eigenvalue weighted by Gasteiger charge is 2.43. The molecular formula is C26H19N3O5S. The topological polar surface area (TPSA) is 97.1 Å². The van der Waals surface area contributed by atoms with Crippen LogP contribution in [0.25, 0.3) is 11.3 Å². The lowest BCUT2D eigenvalue weighted by Crippen LogP contribution is -2.29. The van der Waals surface area contributed by atoms with Crippen molar-refractivity contribution >= 4 is 29.0 Å². The average Bonchev–Trinajstić information content (AvgIpc) is 3.62. The molecule has 0 amide bonds. The first-order chi connectivity index (χ1) is 17.1. The van der Waals surface area contributed by atoms with E-state index in [1.165, 1.54) is 0 Å². The maximum Gasteiger partial charge on any atom is 0.336 e. The van der Waals surface area contributed by atoms with Gasteiger partial charge in [0.1, 0.15) is 17.6 Å². The number of pyridine rings is 1. The molecule has 0 saturated carbocycles. The Labute approximate surface area is 205 Å². The maximum atomic E-state index is 11.8. The van der Waals surface area contributed by atoms with Crippen LogP contribution >= 0.6 is 12.2 Å². The van der Waals surface area contributed by atoms with E-state index < -0.39 is 5.97 Å². The first-order valence-electron chi connectivity index (χ1n) is 10.9. The predicted molar refractivity (Wildman–Crippen MR) is 132 cm³/mol. The van der Waals surface area contributed by atoms with E-state index in [0.29, 0.717) is 33.7 Å². The summed E-state index contributed by atoms with van der Waals surface area (Å²) >= 11 is 5.76. The van der Waals surface area contributed by atoms with Crippen LogP contribution in [0.3, 0.4) is 0 Å². The first kappa shape index (κ1) is 21.2. The van der Waals surface area contributed by atoms with Crippen LogP contribution in [0.5, 0.6) is 11.5 Å². The number of aromatic nitrogens is 1. The monoisotopic (exact) mass is 485 g/mol. The van der Waals surface area contributed by atoms with Crippen LogP contribution in [0.15, 0.2) is 83.4 Å². The molecule has 0 spiro atoms. The number of aromatic carboxylic acids is 1. The zero-order valence-corrected chi connectivity index (χ0v) is 19.1. The van der Waals surface area contributed by atoms with Gasteiger partial charge >= 0.3 is 5.97 Å². The maximum absolute atomic E-state index is 11.8. The summed E-state index contributed by atoms with van der Waals surface area (Å²) in [5, 5.41) is 13.5. The molecule has 2 N–H and O–H groups in total. The molecular weight excluding hydrogens is 466 g/mol. The van der Waals surface area contributed by atoms with Gasteiger partial charge in [-0.3, -0.25) is 4.98 Å². The van der Waals surface area contributed by atoms with Crippen molar-refractivity contribution in [2.75, 3.05) is 11.7 Å². The molecule has 0 aliphatic carbocycles. The number of carboxylic acids is 1. The minimum Gasteiger partial charge on any atom is -0.478 e. The zero-order chi connectivity index (χ0) is 23.9. The highest BCUT2D eigenvalue weighted by molar-refractivity contribution is 7.80. The van der Waals surface area contributed by atoms with Crippen molar-refractivity contribution in [2.24, 2.45) is 0 Å². The van der Waals surface area contributed by atoms with Crippen LogP contribution in [0, 0.1) is 0 Å². The molecule has 2 aromatic carbocycles. The Kier molecular flexibility index (Phi) is 5.11. The lowest BCUT2D eigenvalue weighted by atomic mass is 10.0. The number of nitrogens with one attached hydrogen (secondary N) is 1. The Morgan fingerprint density at radius 2 is 1.86 bits per heavy atom. The van der Waals surface area contributed by atoms with Gasteiger partial charge in [-0.25, -0.2) is 4.79 Å². The molecule has 2 aliphatic heterocycles. The van der Waals surface area contributed by atoms with Crippen LogP contribution in [0.1, 0.15) is 33.9 Å². The van der Waals surface area contributed by atoms with Gasteiger partial charge in [-0.15, -0.1) is 0 Å². The summed E-state index contributed by atoms with van der Waals surface area (Å²) in [7, 11) is 0. The second-order valence-electron chi connectivity index (χ2n) is 8.09. The van der Waals surface area contributed by atoms with Gasteiger partial charge in [0.25, 0.3) is 0 Å². The van der Waals surface area contributed by atoms with Gasteiger partial charge in [0.15, 0.2) is 16.6 Å². The minimum absolute atomic E-state index is 0.169. The summed E-state index contributed by atoms with van der Waals surface area (Å²) in [5.41, 5.74) is 2.28. The summed E-state index contributed by atoms with van der Waals surface area (Å²) in [5.74, 6) is 1.37. The fraction of sp³-hybridized carbons (Fsp3) is 0.115. The normalized spacial score (nSPS) is 18.5. The second-order valence-corrected chi connectivity index (χ2v) is 8.47. The quantitative estimate of drug-likeness (QED) is 0.381. The number of hydrogen-bond donors (Lipinski definition) is 2. The number of ether oxygens (including phenoxy) is 2. The number of carboxylic acid groups (broad SMARTS) is 1. The SMILES string of the molecule is O=C(O)c1ccccc1-c1ccc([C@@H]2[C@H](c3ccccn3)NC(=S)N2c2ccc3c(c2)OCO3)o1. The summed E-state index contributed by atoms with van der Waals surface area (Å²) in [4.78, 5) is 18.3. The first-order valence-corrected chi connectivity index (χ1v) is 11.3. The van der Waals surface area contributed by atoms with Crippen molar-refractivity contribution < 1.29 is 23.8 Å². The van der Waals surface area contributed by atoms with Crippen molar-refractivity contribution in [1.82, 2.24) is 10.3 Å². The van der Waals surface area contributed by atoms with Gasteiger partial charge in [0, 0.05) is 23.5 Å². The highest BCUT2D eigenvalue weighted by atomic mass is 32.1. The molecule has 0 bridgehead atoms. The van der Waals surface area contributed by atoms with E-state index in [9.17, 15) is 9.90 Å². The van der Waals surface area contributed by atoms with E-state index in [4.69, 9.17) is 26.1 Å². The highest BCUT2D eigenvalue weighted by Crippen LogP contribution is 2.45. The number of benzene rings is 2. The van der Waals surface area contributed by atoms with Gasteiger partial charge < -0.3 is 29.2 Å². The van der Waals surface area contributed by atoms with Gasteiger partial charge in [-0.2, -0.15) is 0 Å². The zero-order valence-electron chi connectivity index (χ0n) is 18.3. The van der Waals surface area contributed by atoms with Gasteiger partial charge in [-0.05, 0) is 54.7 Å². The number of hydrogen-bond acceptors (Lipinski definition) is 6. The standard InChI is InChI=1S/C26H19N3O5S/c30-25(31)17-6-2-1-5-16(17)19-10-11-21(34-19)24-23(18-7-3-4-12-27-18)28-26(35)29(24)15-8-9-20-22(13-15)33-14-32-20/h1-13,23-24H,14H2,(H,28,35)(H,30,31)/t23-,24+/m0/s1. The van der Waals surface area contributed by atoms with Gasteiger partial charge in [0.2, 0.25) is 6.79 Å². The number of furan rings is 1. The molecule has 0 unspecified atom stereocenters. The van der Waals surface area contributed by atoms with Crippen LogP contribution in [0.4, 0.5) is 5.69 Å². The predicted octanol–water partition coefficient (Wildman–Crippen LogP) is 4.95. The van der Waals surface area contributed by atoms with Crippen LogP contribution in [-0.2, 0) is 0 Å². The van der Waals surface area contributed by atoms with E-state index in [1.54, 1.807) is 36.5 Å². The number of anilines is 1.